The van der Waals surface area contributed by atoms with Gasteiger partial charge in [0.05, 0.1) is 17.4 Å². The van der Waals surface area contributed by atoms with E-state index >= 15 is 0 Å². The fraction of sp³-hybridized carbons (Fsp3) is 0.364. The third-order valence-corrected chi connectivity index (χ3v) is 6.10. The molecule has 1 aliphatic rings. The Balaban J connectivity index is 1.25. The normalized spacial score (nSPS) is 15.1. The van der Waals surface area contributed by atoms with Crippen LogP contribution in [0.25, 0.3) is 16.6 Å². The number of para-hydroxylation sites is 1. The molecule has 1 aromatic carbocycles. The van der Waals surface area contributed by atoms with Crippen molar-refractivity contribution in [3.8, 4) is 0 Å². The van der Waals surface area contributed by atoms with Crippen LogP contribution in [0.4, 0.5) is 19.0 Å². The third-order valence-electron chi connectivity index (χ3n) is 6.10. The predicted molar refractivity (Wildman–Crippen MR) is 120 cm³/mol. The number of aromatic amines is 1. The molecule has 4 aromatic rings. The van der Waals surface area contributed by atoms with Crippen LogP contribution in [0.15, 0.2) is 41.2 Å². The fourth-order valence-electron chi connectivity index (χ4n) is 4.30. The molecule has 10 nitrogen and oxygen atoms in total. The summed E-state index contributed by atoms with van der Waals surface area (Å²) >= 11 is 0. The van der Waals surface area contributed by atoms with Gasteiger partial charge in [-0.3, -0.25) is 9.59 Å². The van der Waals surface area contributed by atoms with E-state index in [-0.39, 0.29) is 29.6 Å². The zero-order valence-electron chi connectivity index (χ0n) is 18.7. The number of halogens is 3. The van der Waals surface area contributed by atoms with E-state index in [9.17, 15) is 22.8 Å². The summed E-state index contributed by atoms with van der Waals surface area (Å²) in [6, 6.07) is 10.0. The number of hydrogen-bond donors (Lipinski definition) is 1. The third kappa shape index (κ3) is 4.40. The molecular formula is C22H21F3N8O2. The van der Waals surface area contributed by atoms with Gasteiger partial charge < -0.3 is 14.8 Å². The number of alkyl halides is 3. The number of carbonyl (C=O) groups excluding carboxylic acids is 1. The Labute approximate surface area is 196 Å². The zero-order chi connectivity index (χ0) is 24.7. The smallest absolute Gasteiger partial charge is 0.355 e. The minimum absolute atomic E-state index is 0.00750. The van der Waals surface area contributed by atoms with Gasteiger partial charge in [0, 0.05) is 26.1 Å². The van der Waals surface area contributed by atoms with Crippen LogP contribution >= 0.6 is 0 Å². The molecular weight excluding hydrogens is 465 g/mol. The molecule has 1 N–H and O–H groups in total. The van der Waals surface area contributed by atoms with Gasteiger partial charge in [0.15, 0.2) is 5.65 Å². The summed E-state index contributed by atoms with van der Waals surface area (Å²) < 4.78 is 40.2. The Bertz CT molecular complexity index is 1460. The van der Waals surface area contributed by atoms with E-state index in [2.05, 4.69) is 25.3 Å². The molecule has 0 bridgehead atoms. The second-order valence-electron chi connectivity index (χ2n) is 8.47. The summed E-state index contributed by atoms with van der Waals surface area (Å²) in [6.45, 7) is 1.07. The highest BCUT2D eigenvalue weighted by molar-refractivity contribution is 5.79. The Morgan fingerprint density at radius 1 is 1.14 bits per heavy atom. The number of aromatic nitrogens is 6. The number of nitrogens with zero attached hydrogens (tertiary/aromatic N) is 7. The molecule has 0 radical (unpaired) electrons. The summed E-state index contributed by atoms with van der Waals surface area (Å²) in [5.41, 5.74) is 0.311. The molecule has 35 heavy (non-hydrogen) atoms. The van der Waals surface area contributed by atoms with E-state index in [0.29, 0.717) is 53.0 Å². The first kappa shape index (κ1) is 22.7. The van der Waals surface area contributed by atoms with Crippen molar-refractivity contribution in [2.24, 2.45) is 5.92 Å². The van der Waals surface area contributed by atoms with Crippen LogP contribution < -0.4 is 10.5 Å². The van der Waals surface area contributed by atoms with Crippen molar-refractivity contribution >= 4 is 28.3 Å². The van der Waals surface area contributed by atoms with Crippen LogP contribution in [0.2, 0.25) is 0 Å². The van der Waals surface area contributed by atoms with Crippen molar-refractivity contribution < 1.29 is 18.0 Å². The Morgan fingerprint density at radius 3 is 2.63 bits per heavy atom. The van der Waals surface area contributed by atoms with Crippen LogP contribution in [0.3, 0.4) is 0 Å². The number of benzene rings is 1. The highest BCUT2D eigenvalue weighted by Crippen LogP contribution is 2.29. The number of piperidine rings is 1. The van der Waals surface area contributed by atoms with Crippen molar-refractivity contribution in [3.05, 3.63) is 58.4 Å². The molecule has 5 rings (SSSR count). The number of anilines is 1. The molecule has 0 saturated carbocycles. The monoisotopic (exact) mass is 486 g/mol. The highest BCUT2D eigenvalue weighted by Gasteiger charge is 2.38. The van der Waals surface area contributed by atoms with Crippen molar-refractivity contribution in [2.75, 3.05) is 25.0 Å². The number of carbonyl (C=O) groups is 1. The lowest BCUT2D eigenvalue weighted by Crippen LogP contribution is -2.41. The van der Waals surface area contributed by atoms with Crippen LogP contribution in [-0.4, -0.2) is 60.7 Å². The number of nitrogens with one attached hydrogen (secondary N) is 1. The Morgan fingerprint density at radius 2 is 1.89 bits per heavy atom. The lowest BCUT2D eigenvalue weighted by Gasteiger charge is -2.33. The average molecular weight is 486 g/mol. The van der Waals surface area contributed by atoms with Gasteiger partial charge in [-0.25, -0.2) is 4.98 Å². The standard InChI is InChI=1S/C22H21F3N8O2/c1-31(12-16-26-15-5-3-2-4-14(15)19(34)27-16)20(35)13-8-10-32(11-9-13)18-7-6-17-28-29-21(22(23,24)25)33(17)30-18/h2-7,13H,8-12H2,1H3,(H,26,27,34). The van der Waals surface area contributed by atoms with Gasteiger partial charge in [-0.2, -0.15) is 17.7 Å². The van der Waals surface area contributed by atoms with Crippen LogP contribution in [0.5, 0.6) is 0 Å². The van der Waals surface area contributed by atoms with Crippen molar-refractivity contribution in [2.45, 2.75) is 25.6 Å². The average Bonchev–Trinajstić information content (AvgIpc) is 3.28. The van der Waals surface area contributed by atoms with Crippen LogP contribution in [-0.2, 0) is 17.5 Å². The lowest BCUT2D eigenvalue weighted by atomic mass is 9.95. The summed E-state index contributed by atoms with van der Waals surface area (Å²) in [6.07, 6.45) is -3.64. The van der Waals surface area contributed by atoms with E-state index in [1.807, 2.05) is 4.90 Å². The maximum atomic E-state index is 13.2. The largest absolute Gasteiger partial charge is 0.453 e. The van der Waals surface area contributed by atoms with E-state index in [1.165, 1.54) is 11.0 Å². The molecule has 0 spiro atoms. The van der Waals surface area contributed by atoms with Gasteiger partial charge in [0.1, 0.15) is 11.6 Å². The molecule has 4 heterocycles. The second-order valence-corrected chi connectivity index (χ2v) is 8.47. The second kappa shape index (κ2) is 8.64. The van der Waals surface area contributed by atoms with E-state index in [0.717, 1.165) is 0 Å². The summed E-state index contributed by atoms with van der Waals surface area (Å²) in [5.74, 6) is -0.759. The minimum Gasteiger partial charge on any atom is -0.355 e. The van der Waals surface area contributed by atoms with E-state index in [4.69, 9.17) is 0 Å². The van der Waals surface area contributed by atoms with Crippen LogP contribution in [0, 0.1) is 5.92 Å². The quantitative estimate of drug-likeness (QED) is 0.471. The summed E-state index contributed by atoms with van der Waals surface area (Å²) in [4.78, 5) is 35.8. The van der Waals surface area contributed by atoms with Gasteiger partial charge in [-0.1, -0.05) is 12.1 Å². The topological polar surface area (TPSA) is 112 Å². The van der Waals surface area contributed by atoms with Gasteiger partial charge >= 0.3 is 6.18 Å². The molecule has 1 amide bonds. The maximum Gasteiger partial charge on any atom is 0.453 e. The van der Waals surface area contributed by atoms with Gasteiger partial charge in [0.25, 0.3) is 11.4 Å². The molecule has 13 heteroatoms. The van der Waals surface area contributed by atoms with Crippen molar-refractivity contribution in [3.63, 3.8) is 0 Å². The van der Waals surface area contributed by atoms with Crippen molar-refractivity contribution in [1.29, 1.82) is 0 Å². The lowest BCUT2D eigenvalue weighted by molar-refractivity contribution is -0.146. The van der Waals surface area contributed by atoms with Crippen molar-refractivity contribution in [1.82, 2.24) is 34.7 Å². The Hall–Kier alpha value is -4.03. The Kier molecular flexibility index (Phi) is 5.61. The number of fused-ring (bicyclic) bond motifs is 2. The van der Waals surface area contributed by atoms with E-state index < -0.39 is 12.0 Å². The first-order valence-corrected chi connectivity index (χ1v) is 11.0. The summed E-state index contributed by atoms with van der Waals surface area (Å²) in [7, 11) is 1.66. The molecule has 182 valence electrons. The zero-order valence-corrected chi connectivity index (χ0v) is 18.7. The first-order chi connectivity index (χ1) is 16.7. The number of H-pyrrole nitrogens is 1. The molecule has 1 fully saturated rings. The SMILES string of the molecule is CN(Cc1nc2ccccc2c(=O)[nH]1)C(=O)C1CCN(c2ccc3nnc(C(F)(F)F)n3n2)CC1. The molecule has 0 atom stereocenters. The number of rotatable bonds is 4. The highest BCUT2D eigenvalue weighted by atomic mass is 19.4. The van der Waals surface area contributed by atoms with Gasteiger partial charge in [-0.05, 0) is 37.1 Å². The fourth-order valence-corrected chi connectivity index (χ4v) is 4.30. The number of hydrogen-bond acceptors (Lipinski definition) is 7. The molecule has 1 aliphatic heterocycles. The summed E-state index contributed by atoms with van der Waals surface area (Å²) in [5, 5.41) is 11.3. The molecule has 0 unspecified atom stereocenters. The molecule has 0 aliphatic carbocycles. The maximum absolute atomic E-state index is 13.2. The minimum atomic E-state index is -4.67. The predicted octanol–water partition coefficient (Wildman–Crippen LogP) is 2.25. The van der Waals surface area contributed by atoms with Gasteiger partial charge in [0.2, 0.25) is 5.91 Å². The first-order valence-electron chi connectivity index (χ1n) is 11.0. The molecule has 3 aromatic heterocycles. The van der Waals surface area contributed by atoms with Crippen LogP contribution in [0.1, 0.15) is 24.5 Å². The van der Waals surface area contributed by atoms with Gasteiger partial charge in [-0.15, -0.1) is 15.3 Å². The van der Waals surface area contributed by atoms with E-state index in [1.54, 1.807) is 37.4 Å². The number of amides is 1. The molecule has 1 saturated heterocycles.